The second-order valence-electron chi connectivity index (χ2n) is 5.53. The Kier molecular flexibility index (Phi) is 5.14. The number of carbonyl (C=O) groups is 1. The summed E-state index contributed by atoms with van der Waals surface area (Å²) in [6.45, 7) is 6.42. The SMILES string of the molecule is CCCn1cc(CN2CCNCC2C(=O)N(C)C)cn1. The Hall–Kier alpha value is -1.40. The Bertz CT molecular complexity index is 443. The number of nitrogens with zero attached hydrogens (tertiary/aromatic N) is 4. The third-order valence-corrected chi connectivity index (χ3v) is 3.61. The van der Waals surface area contributed by atoms with E-state index in [9.17, 15) is 4.79 Å². The molecule has 1 aliphatic rings. The summed E-state index contributed by atoms with van der Waals surface area (Å²) in [4.78, 5) is 16.1. The highest BCUT2D eigenvalue weighted by atomic mass is 16.2. The van der Waals surface area contributed by atoms with Gasteiger partial charge in [0.2, 0.25) is 5.91 Å². The van der Waals surface area contributed by atoms with Crippen LogP contribution in [0.15, 0.2) is 12.4 Å². The van der Waals surface area contributed by atoms with Gasteiger partial charge in [-0.1, -0.05) is 6.92 Å². The van der Waals surface area contributed by atoms with E-state index in [-0.39, 0.29) is 11.9 Å². The van der Waals surface area contributed by atoms with Crippen molar-refractivity contribution in [1.29, 1.82) is 0 Å². The molecule has 0 aromatic carbocycles. The number of likely N-dealkylation sites (N-methyl/N-ethyl adjacent to an activating group) is 1. The van der Waals surface area contributed by atoms with Gasteiger partial charge in [0.1, 0.15) is 6.04 Å². The topological polar surface area (TPSA) is 53.4 Å². The molecule has 1 aliphatic heterocycles. The van der Waals surface area contributed by atoms with Crippen molar-refractivity contribution in [2.45, 2.75) is 32.5 Å². The van der Waals surface area contributed by atoms with Crippen LogP contribution in [0.3, 0.4) is 0 Å². The molecule has 1 saturated heterocycles. The summed E-state index contributed by atoms with van der Waals surface area (Å²) in [7, 11) is 3.63. The van der Waals surface area contributed by atoms with E-state index in [0.717, 1.165) is 39.1 Å². The summed E-state index contributed by atoms with van der Waals surface area (Å²) < 4.78 is 1.97. The van der Waals surface area contributed by atoms with Crippen LogP contribution in [0.25, 0.3) is 0 Å². The van der Waals surface area contributed by atoms with Crippen LogP contribution >= 0.6 is 0 Å². The number of aryl methyl sites for hydroxylation is 1. The Balaban J connectivity index is 2.02. The van der Waals surface area contributed by atoms with Gasteiger partial charge >= 0.3 is 0 Å². The van der Waals surface area contributed by atoms with Crippen LogP contribution in [-0.2, 0) is 17.9 Å². The standard InChI is InChI=1S/C14H25N5O/c1-4-6-19-11-12(8-16-19)10-18-7-5-15-9-13(18)14(20)17(2)3/h8,11,13,15H,4-7,9-10H2,1-3H3. The van der Waals surface area contributed by atoms with Gasteiger partial charge in [0.15, 0.2) is 0 Å². The fourth-order valence-electron chi connectivity index (χ4n) is 2.55. The van der Waals surface area contributed by atoms with E-state index >= 15 is 0 Å². The van der Waals surface area contributed by atoms with Gasteiger partial charge in [0.25, 0.3) is 0 Å². The number of carbonyl (C=O) groups excluding carboxylic acids is 1. The number of nitrogens with one attached hydrogen (secondary N) is 1. The summed E-state index contributed by atoms with van der Waals surface area (Å²) in [5.74, 6) is 0.165. The predicted molar refractivity (Wildman–Crippen MR) is 78.3 cm³/mol. The lowest BCUT2D eigenvalue weighted by molar-refractivity contribution is -0.135. The fraction of sp³-hybridized carbons (Fsp3) is 0.714. The highest BCUT2D eigenvalue weighted by Crippen LogP contribution is 2.11. The van der Waals surface area contributed by atoms with Gasteiger partial charge in [-0.25, -0.2) is 0 Å². The van der Waals surface area contributed by atoms with Crippen LogP contribution in [0.4, 0.5) is 0 Å². The zero-order chi connectivity index (χ0) is 14.5. The highest BCUT2D eigenvalue weighted by Gasteiger charge is 2.29. The third kappa shape index (κ3) is 3.58. The molecule has 112 valence electrons. The van der Waals surface area contributed by atoms with Crippen molar-refractivity contribution in [3.8, 4) is 0 Å². The molecule has 1 N–H and O–H groups in total. The molecule has 0 aliphatic carbocycles. The smallest absolute Gasteiger partial charge is 0.240 e. The molecule has 6 nitrogen and oxygen atoms in total. The van der Waals surface area contributed by atoms with Gasteiger partial charge in [-0.2, -0.15) is 5.10 Å². The lowest BCUT2D eigenvalue weighted by Gasteiger charge is -2.36. The lowest BCUT2D eigenvalue weighted by Crippen LogP contribution is -2.57. The zero-order valence-electron chi connectivity index (χ0n) is 12.7. The Morgan fingerprint density at radius 2 is 2.35 bits per heavy atom. The summed E-state index contributed by atoms with van der Waals surface area (Å²) in [6, 6.07) is -0.0757. The number of piperazine rings is 1. The van der Waals surface area contributed by atoms with Gasteiger partial charge in [-0.15, -0.1) is 0 Å². The van der Waals surface area contributed by atoms with Gasteiger partial charge < -0.3 is 10.2 Å². The van der Waals surface area contributed by atoms with Gasteiger partial charge in [0.05, 0.1) is 6.20 Å². The molecule has 0 saturated carbocycles. The number of rotatable bonds is 5. The van der Waals surface area contributed by atoms with Crippen molar-refractivity contribution in [2.24, 2.45) is 0 Å². The number of hydrogen-bond acceptors (Lipinski definition) is 4. The zero-order valence-corrected chi connectivity index (χ0v) is 12.7. The average molecular weight is 279 g/mol. The van der Waals surface area contributed by atoms with E-state index in [1.54, 1.807) is 4.90 Å². The number of aromatic nitrogens is 2. The Labute approximate surface area is 120 Å². The molecule has 1 amide bonds. The number of hydrogen-bond donors (Lipinski definition) is 1. The van der Waals surface area contributed by atoms with Gasteiger partial charge in [-0.05, 0) is 6.42 Å². The predicted octanol–water partition coefficient (Wildman–Crippen LogP) is 0.155. The summed E-state index contributed by atoms with van der Waals surface area (Å²) >= 11 is 0. The molecular formula is C14H25N5O. The van der Waals surface area contributed by atoms with Crippen LogP contribution in [0, 0.1) is 0 Å². The van der Waals surface area contributed by atoms with Crippen molar-refractivity contribution in [1.82, 2.24) is 24.9 Å². The minimum absolute atomic E-state index is 0.0757. The first-order chi connectivity index (χ1) is 9.61. The first kappa shape index (κ1) is 15.0. The van der Waals surface area contributed by atoms with Gasteiger partial charge in [-0.3, -0.25) is 14.4 Å². The van der Waals surface area contributed by atoms with E-state index in [1.807, 2.05) is 25.0 Å². The molecule has 2 rings (SSSR count). The molecule has 1 aromatic rings. The second-order valence-corrected chi connectivity index (χ2v) is 5.53. The monoisotopic (exact) mass is 279 g/mol. The maximum atomic E-state index is 12.2. The van der Waals surface area contributed by atoms with Crippen molar-refractivity contribution >= 4 is 5.91 Å². The van der Waals surface area contributed by atoms with Crippen LogP contribution < -0.4 is 5.32 Å². The molecule has 0 bridgehead atoms. The van der Waals surface area contributed by atoms with Gasteiger partial charge in [0, 0.05) is 58.6 Å². The van der Waals surface area contributed by atoms with E-state index in [1.165, 1.54) is 5.56 Å². The minimum Gasteiger partial charge on any atom is -0.347 e. The van der Waals surface area contributed by atoms with Crippen LogP contribution in [0.2, 0.25) is 0 Å². The van der Waals surface area contributed by atoms with Crippen molar-refractivity contribution in [3.63, 3.8) is 0 Å². The third-order valence-electron chi connectivity index (χ3n) is 3.61. The molecule has 6 heteroatoms. The first-order valence-corrected chi connectivity index (χ1v) is 7.29. The molecule has 2 heterocycles. The van der Waals surface area contributed by atoms with E-state index in [0.29, 0.717) is 0 Å². The quantitative estimate of drug-likeness (QED) is 0.834. The second kappa shape index (κ2) is 6.85. The summed E-state index contributed by atoms with van der Waals surface area (Å²) in [6.07, 6.45) is 5.08. The molecule has 0 radical (unpaired) electrons. The molecule has 0 spiro atoms. The van der Waals surface area contributed by atoms with Crippen molar-refractivity contribution in [3.05, 3.63) is 18.0 Å². The maximum absolute atomic E-state index is 12.2. The largest absolute Gasteiger partial charge is 0.347 e. The number of amides is 1. The van der Waals surface area contributed by atoms with E-state index in [2.05, 4.69) is 28.4 Å². The lowest BCUT2D eigenvalue weighted by atomic mass is 10.1. The van der Waals surface area contributed by atoms with E-state index < -0.39 is 0 Å². The highest BCUT2D eigenvalue weighted by molar-refractivity contribution is 5.81. The first-order valence-electron chi connectivity index (χ1n) is 7.29. The van der Waals surface area contributed by atoms with Crippen LogP contribution in [-0.4, -0.2) is 65.3 Å². The summed E-state index contributed by atoms with van der Waals surface area (Å²) in [5, 5.41) is 7.66. The molecule has 1 unspecified atom stereocenters. The van der Waals surface area contributed by atoms with Crippen LogP contribution in [0.1, 0.15) is 18.9 Å². The molecule has 20 heavy (non-hydrogen) atoms. The summed E-state index contributed by atoms with van der Waals surface area (Å²) in [5.41, 5.74) is 1.18. The molecule has 1 atom stereocenters. The maximum Gasteiger partial charge on any atom is 0.240 e. The fourth-order valence-corrected chi connectivity index (χ4v) is 2.55. The van der Waals surface area contributed by atoms with Crippen LogP contribution in [0.5, 0.6) is 0 Å². The molecule has 1 aromatic heterocycles. The Morgan fingerprint density at radius 3 is 3.05 bits per heavy atom. The Morgan fingerprint density at radius 1 is 1.55 bits per heavy atom. The van der Waals surface area contributed by atoms with Crippen molar-refractivity contribution < 1.29 is 4.79 Å². The average Bonchev–Trinajstić information content (AvgIpc) is 2.86. The minimum atomic E-state index is -0.0757. The normalized spacial score (nSPS) is 20.1. The van der Waals surface area contributed by atoms with E-state index in [4.69, 9.17) is 0 Å². The molecule has 1 fully saturated rings. The van der Waals surface area contributed by atoms with Crippen molar-refractivity contribution in [2.75, 3.05) is 33.7 Å². The molecular weight excluding hydrogens is 254 g/mol.